The molecular weight excluding hydrogens is 514 g/mol. The Kier molecular flexibility index (Phi) is 7.88. The third-order valence-electron chi connectivity index (χ3n) is 9.22. The van der Waals surface area contributed by atoms with Crippen LogP contribution in [0.4, 0.5) is 0 Å². The first-order valence-electron chi connectivity index (χ1n) is 14.5. The number of carbonyl (C=O) groups is 2. The first-order valence-corrected chi connectivity index (χ1v) is 16.4. The fourth-order valence-corrected chi connectivity index (χ4v) is 12.0. The third kappa shape index (κ3) is 4.76. The van der Waals surface area contributed by atoms with Crippen molar-refractivity contribution < 1.29 is 19.1 Å². The number of hydrogen-bond donors (Lipinski definition) is 1. The standard InChI is InChI=1S/C34H41NO4Si/c1-25-30(39-40(33(2,3)4,28-18-10-6-11-19-28)29-20-12-7-13-21-29)23-34(38)27(24-36)17-14-22-31(34)35(25)32(37)26-15-8-5-9-16-26/h5-13,15-16,18-21,24-25,27,30-31,38H,14,17,22-23H2,1-4H3/t25-,27+,30-,31+,34+/m0/s1. The van der Waals surface area contributed by atoms with Crippen molar-refractivity contribution in [2.45, 2.75) is 82.2 Å². The number of hydrogen-bond acceptors (Lipinski definition) is 4. The number of aldehydes is 1. The van der Waals surface area contributed by atoms with E-state index >= 15 is 0 Å². The van der Waals surface area contributed by atoms with Crippen molar-refractivity contribution in [1.82, 2.24) is 4.90 Å². The third-order valence-corrected chi connectivity index (χ3v) is 14.3. The van der Waals surface area contributed by atoms with Crippen molar-refractivity contribution in [3.05, 3.63) is 96.6 Å². The summed E-state index contributed by atoms with van der Waals surface area (Å²) in [7, 11) is -2.98. The molecule has 1 aliphatic heterocycles. The minimum absolute atomic E-state index is 0.126. The van der Waals surface area contributed by atoms with Crippen LogP contribution in [0.2, 0.25) is 5.04 Å². The highest BCUT2D eigenvalue weighted by Gasteiger charge is 2.60. The lowest BCUT2D eigenvalue weighted by atomic mass is 9.66. The molecule has 5 nitrogen and oxygen atoms in total. The maximum absolute atomic E-state index is 14.1. The van der Waals surface area contributed by atoms with Gasteiger partial charge in [0.05, 0.1) is 23.8 Å². The summed E-state index contributed by atoms with van der Waals surface area (Å²) in [5, 5.41) is 14.4. The summed E-state index contributed by atoms with van der Waals surface area (Å²) < 4.78 is 7.52. The Labute approximate surface area is 239 Å². The fraction of sp³-hybridized carbons (Fsp3) is 0.412. The van der Waals surface area contributed by atoms with E-state index in [1.54, 1.807) is 0 Å². The van der Waals surface area contributed by atoms with Crippen LogP contribution < -0.4 is 10.4 Å². The van der Waals surface area contributed by atoms with Gasteiger partial charge >= 0.3 is 0 Å². The minimum atomic E-state index is -2.98. The molecule has 1 aliphatic carbocycles. The van der Waals surface area contributed by atoms with Gasteiger partial charge < -0.3 is 19.2 Å². The van der Waals surface area contributed by atoms with Gasteiger partial charge in [-0.15, -0.1) is 0 Å². The van der Waals surface area contributed by atoms with Crippen molar-refractivity contribution >= 4 is 30.9 Å². The minimum Gasteiger partial charge on any atom is -0.402 e. The number of likely N-dealkylation sites (tertiary alicyclic amines) is 1. The molecule has 5 atom stereocenters. The van der Waals surface area contributed by atoms with Crippen LogP contribution in [0.1, 0.15) is 63.7 Å². The zero-order valence-corrected chi connectivity index (χ0v) is 25.0. The lowest BCUT2D eigenvalue weighted by molar-refractivity contribution is -0.170. The van der Waals surface area contributed by atoms with Crippen LogP contribution in [0, 0.1) is 5.92 Å². The highest BCUT2D eigenvalue weighted by Crippen LogP contribution is 2.47. The van der Waals surface area contributed by atoms with Crippen LogP contribution >= 0.6 is 0 Å². The van der Waals surface area contributed by atoms with E-state index in [1.807, 2.05) is 54.3 Å². The van der Waals surface area contributed by atoms with Crippen molar-refractivity contribution in [1.29, 1.82) is 0 Å². The monoisotopic (exact) mass is 555 g/mol. The molecular formula is C34H41NO4Si. The zero-order valence-electron chi connectivity index (χ0n) is 24.0. The van der Waals surface area contributed by atoms with Gasteiger partial charge in [0.25, 0.3) is 14.2 Å². The molecule has 0 radical (unpaired) electrons. The second-order valence-corrected chi connectivity index (χ2v) is 16.8. The molecule has 2 aliphatic rings. The first kappa shape index (κ1) is 28.5. The number of amides is 1. The van der Waals surface area contributed by atoms with Crippen molar-refractivity contribution in [3.8, 4) is 0 Å². The Hall–Kier alpha value is -3.06. The van der Waals surface area contributed by atoms with E-state index in [4.69, 9.17) is 4.43 Å². The lowest BCUT2D eigenvalue weighted by Crippen LogP contribution is -2.74. The van der Waals surface area contributed by atoms with E-state index < -0.39 is 32.0 Å². The molecule has 1 heterocycles. The van der Waals surface area contributed by atoms with Gasteiger partial charge in [-0.1, -0.05) is 106 Å². The van der Waals surface area contributed by atoms with Gasteiger partial charge in [-0.25, -0.2) is 0 Å². The van der Waals surface area contributed by atoms with Crippen LogP contribution in [-0.2, 0) is 9.22 Å². The van der Waals surface area contributed by atoms with Crippen molar-refractivity contribution in [3.63, 3.8) is 0 Å². The van der Waals surface area contributed by atoms with E-state index in [9.17, 15) is 14.7 Å². The number of aliphatic hydroxyl groups is 1. The Morgan fingerprint density at radius 1 is 0.925 bits per heavy atom. The average molecular weight is 556 g/mol. The van der Waals surface area contributed by atoms with Crippen molar-refractivity contribution in [2.24, 2.45) is 5.92 Å². The highest BCUT2D eigenvalue weighted by atomic mass is 28.4. The Balaban J connectivity index is 1.67. The molecule has 1 N–H and O–H groups in total. The Morgan fingerprint density at radius 2 is 1.45 bits per heavy atom. The van der Waals surface area contributed by atoms with Gasteiger partial charge in [-0.05, 0) is 47.3 Å². The van der Waals surface area contributed by atoms with Gasteiger partial charge in [0, 0.05) is 17.9 Å². The summed E-state index contributed by atoms with van der Waals surface area (Å²) in [6.07, 6.45) is 2.81. The highest BCUT2D eigenvalue weighted by molar-refractivity contribution is 6.99. The fourth-order valence-electron chi connectivity index (χ4n) is 7.20. The summed E-state index contributed by atoms with van der Waals surface area (Å²) in [5.74, 6) is -0.672. The molecule has 3 aromatic rings. The second kappa shape index (κ2) is 11.1. The summed E-state index contributed by atoms with van der Waals surface area (Å²) >= 11 is 0. The number of rotatable bonds is 6. The zero-order chi connectivity index (χ0) is 28.5. The predicted octanol–water partition coefficient (Wildman–Crippen LogP) is 4.96. The van der Waals surface area contributed by atoms with E-state index in [-0.39, 0.29) is 17.0 Å². The maximum Gasteiger partial charge on any atom is 0.261 e. The normalized spacial score (nSPS) is 27.1. The molecule has 1 saturated heterocycles. The van der Waals surface area contributed by atoms with Gasteiger partial charge in [0.2, 0.25) is 0 Å². The second-order valence-electron chi connectivity index (χ2n) is 12.5. The smallest absolute Gasteiger partial charge is 0.261 e. The lowest BCUT2D eigenvalue weighted by Gasteiger charge is -2.58. The maximum atomic E-state index is 14.1. The molecule has 2 fully saturated rings. The largest absolute Gasteiger partial charge is 0.402 e. The van der Waals surface area contributed by atoms with Crippen molar-refractivity contribution in [2.75, 3.05) is 0 Å². The molecule has 40 heavy (non-hydrogen) atoms. The molecule has 6 heteroatoms. The SMILES string of the molecule is C[C@H]1[C@@H](O[Si](c2ccccc2)(c2ccccc2)C(C)(C)C)C[C@@]2(O)[C@@H](C=O)CCC[C@H]2N1C(=O)c1ccccc1. The van der Waals surface area contributed by atoms with Crippen LogP contribution in [0.25, 0.3) is 0 Å². The van der Waals surface area contributed by atoms with E-state index in [1.165, 1.54) is 0 Å². The molecule has 1 saturated carbocycles. The topological polar surface area (TPSA) is 66.8 Å². The van der Waals surface area contributed by atoms with E-state index in [0.717, 1.165) is 23.1 Å². The Bertz CT molecular complexity index is 1270. The van der Waals surface area contributed by atoms with Crippen LogP contribution in [-0.4, -0.2) is 54.3 Å². The molecule has 0 unspecified atom stereocenters. The van der Waals surface area contributed by atoms with E-state index in [2.05, 4.69) is 69.3 Å². The number of piperidine rings is 1. The average Bonchev–Trinajstić information content (AvgIpc) is 2.96. The molecule has 210 valence electrons. The van der Waals surface area contributed by atoms with Gasteiger partial charge in [0.1, 0.15) is 6.29 Å². The Morgan fingerprint density at radius 3 is 1.95 bits per heavy atom. The predicted molar refractivity (Wildman–Crippen MR) is 161 cm³/mol. The number of benzene rings is 3. The first-order chi connectivity index (χ1) is 19.1. The molecule has 5 rings (SSSR count). The summed E-state index contributed by atoms with van der Waals surface area (Å²) in [6.45, 7) is 8.73. The quantitative estimate of drug-likeness (QED) is 0.345. The number of fused-ring (bicyclic) bond motifs is 1. The molecule has 3 aromatic carbocycles. The molecule has 0 aromatic heterocycles. The summed E-state index contributed by atoms with van der Waals surface area (Å²) in [4.78, 5) is 28.3. The van der Waals surface area contributed by atoms with Gasteiger partial charge in [-0.2, -0.15) is 0 Å². The van der Waals surface area contributed by atoms with Crippen LogP contribution in [0.3, 0.4) is 0 Å². The molecule has 0 spiro atoms. The number of nitrogens with zero attached hydrogens (tertiary/aromatic N) is 1. The summed E-state index contributed by atoms with van der Waals surface area (Å²) in [6, 6.07) is 29.4. The van der Waals surface area contributed by atoms with Gasteiger partial charge in [0.15, 0.2) is 0 Å². The molecule has 1 amide bonds. The summed E-state index contributed by atoms with van der Waals surface area (Å²) in [5.41, 5.74) is -0.774. The van der Waals surface area contributed by atoms with Crippen LogP contribution in [0.15, 0.2) is 91.0 Å². The van der Waals surface area contributed by atoms with E-state index in [0.29, 0.717) is 24.8 Å². The number of carbonyl (C=O) groups excluding carboxylic acids is 2. The molecule has 0 bridgehead atoms. The van der Waals surface area contributed by atoms with Gasteiger partial charge in [-0.3, -0.25) is 4.79 Å². The van der Waals surface area contributed by atoms with Crippen LogP contribution in [0.5, 0.6) is 0 Å².